The van der Waals surface area contributed by atoms with Gasteiger partial charge in [0.25, 0.3) is 5.91 Å². The largest absolute Gasteiger partial charge is 0.411 e. The first-order valence-electron chi connectivity index (χ1n) is 7.74. The molecule has 0 unspecified atom stereocenters. The van der Waals surface area contributed by atoms with Crippen LogP contribution >= 0.6 is 0 Å². The number of carbonyl (C=O) groups is 1. The zero-order chi connectivity index (χ0) is 17.2. The summed E-state index contributed by atoms with van der Waals surface area (Å²) in [6.07, 6.45) is -3.07. The number of rotatable bonds is 4. The van der Waals surface area contributed by atoms with Crippen LogP contribution in [0.25, 0.3) is 0 Å². The molecule has 2 aliphatic heterocycles. The van der Waals surface area contributed by atoms with Crippen LogP contribution in [-0.2, 0) is 16.1 Å². The van der Waals surface area contributed by atoms with E-state index in [4.69, 9.17) is 0 Å². The molecule has 1 spiro atoms. The maximum Gasteiger partial charge on any atom is 0.411 e. The van der Waals surface area contributed by atoms with Crippen molar-refractivity contribution >= 4 is 11.7 Å². The number of alkyl halides is 3. The molecule has 5 nitrogen and oxygen atoms in total. The fourth-order valence-corrected chi connectivity index (χ4v) is 2.93. The van der Waals surface area contributed by atoms with Crippen molar-refractivity contribution < 1.29 is 22.7 Å². The second-order valence-electron chi connectivity index (χ2n) is 6.00. The predicted molar refractivity (Wildman–Crippen MR) is 81.7 cm³/mol. The summed E-state index contributed by atoms with van der Waals surface area (Å²) in [5.74, 6) is 0.359. The Kier molecular flexibility index (Phi) is 4.60. The van der Waals surface area contributed by atoms with E-state index in [1.807, 2.05) is 0 Å². The quantitative estimate of drug-likeness (QED) is 0.877. The average molecular weight is 341 g/mol. The highest BCUT2D eigenvalue weighted by Crippen LogP contribution is 2.28. The fraction of sp³-hybridized carbons (Fsp3) is 0.500. The number of hydrogen-bond acceptors (Lipinski definition) is 4. The van der Waals surface area contributed by atoms with E-state index in [0.29, 0.717) is 29.8 Å². The first kappa shape index (κ1) is 16.9. The first-order valence-corrected chi connectivity index (χ1v) is 7.74. The lowest BCUT2D eigenvalue weighted by Gasteiger charge is -2.28. The smallest absolute Gasteiger partial charge is 0.367 e. The number of halogens is 3. The van der Waals surface area contributed by atoms with Crippen LogP contribution in [0, 0.1) is 0 Å². The maximum absolute atomic E-state index is 12.3. The van der Waals surface area contributed by atoms with Crippen LogP contribution in [-0.4, -0.2) is 43.2 Å². The summed E-state index contributed by atoms with van der Waals surface area (Å²) in [6, 6.07) is 6.85. The highest BCUT2D eigenvalue weighted by Gasteiger charge is 2.44. The van der Waals surface area contributed by atoms with Gasteiger partial charge in [0.05, 0.1) is 6.61 Å². The Bertz CT molecular complexity index is 652. The predicted octanol–water partition coefficient (Wildman–Crippen LogP) is 1.76. The molecule has 1 aromatic rings. The Hall–Kier alpha value is -1.93. The monoisotopic (exact) mass is 341 g/mol. The standard InChI is InChI=1S/C16H18F3N3O2/c17-16(18,19)10-24-9-11-2-1-3-12(8-11)13-21-14(23)15(22-13)4-6-20-7-5-15/h1-3,8,20H,4-7,9-10H2,(H,21,22,23). The van der Waals surface area contributed by atoms with Gasteiger partial charge >= 0.3 is 6.18 Å². The van der Waals surface area contributed by atoms with E-state index in [-0.39, 0.29) is 12.5 Å². The highest BCUT2D eigenvalue weighted by molar-refractivity contribution is 6.15. The third-order valence-electron chi connectivity index (χ3n) is 4.15. The van der Waals surface area contributed by atoms with Gasteiger partial charge in [-0.3, -0.25) is 9.79 Å². The molecule has 0 aliphatic carbocycles. The van der Waals surface area contributed by atoms with Crippen LogP contribution in [0.2, 0.25) is 0 Å². The molecule has 0 radical (unpaired) electrons. The second-order valence-corrected chi connectivity index (χ2v) is 6.00. The molecule has 2 heterocycles. The molecule has 1 aromatic carbocycles. The van der Waals surface area contributed by atoms with E-state index in [0.717, 1.165) is 13.1 Å². The van der Waals surface area contributed by atoms with Gasteiger partial charge in [0.2, 0.25) is 0 Å². The molecule has 130 valence electrons. The molecule has 1 fully saturated rings. The van der Waals surface area contributed by atoms with Crippen molar-refractivity contribution in [1.82, 2.24) is 10.6 Å². The number of hydrogen-bond donors (Lipinski definition) is 2. The lowest BCUT2D eigenvalue weighted by molar-refractivity contribution is -0.176. The number of carbonyl (C=O) groups excluding carboxylic acids is 1. The summed E-state index contributed by atoms with van der Waals surface area (Å²) in [6.45, 7) is 0.0275. The fourth-order valence-electron chi connectivity index (χ4n) is 2.93. The zero-order valence-electron chi connectivity index (χ0n) is 12.9. The van der Waals surface area contributed by atoms with Gasteiger partial charge in [0.15, 0.2) is 0 Å². The number of benzene rings is 1. The van der Waals surface area contributed by atoms with Gasteiger partial charge in [-0.1, -0.05) is 18.2 Å². The van der Waals surface area contributed by atoms with Gasteiger partial charge in [0.1, 0.15) is 18.0 Å². The number of piperidine rings is 1. The molecule has 0 atom stereocenters. The molecule has 1 amide bonds. The minimum Gasteiger partial charge on any atom is -0.367 e. The third-order valence-corrected chi connectivity index (χ3v) is 4.15. The van der Waals surface area contributed by atoms with Crippen molar-refractivity contribution in [3.05, 3.63) is 35.4 Å². The normalized spacial score (nSPS) is 20.1. The van der Waals surface area contributed by atoms with Crippen molar-refractivity contribution in [3.63, 3.8) is 0 Å². The van der Waals surface area contributed by atoms with Gasteiger partial charge in [-0.15, -0.1) is 0 Å². The summed E-state index contributed by atoms with van der Waals surface area (Å²) in [5.41, 5.74) is 0.551. The maximum atomic E-state index is 12.3. The molecule has 3 rings (SSSR count). The molecule has 0 saturated carbocycles. The Morgan fingerprint density at radius 1 is 1.25 bits per heavy atom. The van der Waals surface area contributed by atoms with Crippen LogP contribution in [0.5, 0.6) is 0 Å². The van der Waals surface area contributed by atoms with Crippen LogP contribution in [0.4, 0.5) is 13.2 Å². The summed E-state index contributed by atoms with van der Waals surface area (Å²) in [5, 5.41) is 6.00. The summed E-state index contributed by atoms with van der Waals surface area (Å²) in [7, 11) is 0. The van der Waals surface area contributed by atoms with Crippen LogP contribution in [0.3, 0.4) is 0 Å². The van der Waals surface area contributed by atoms with E-state index in [1.165, 1.54) is 0 Å². The van der Waals surface area contributed by atoms with Gasteiger partial charge in [-0.2, -0.15) is 13.2 Å². The van der Waals surface area contributed by atoms with E-state index < -0.39 is 18.3 Å². The molecule has 1 saturated heterocycles. The third kappa shape index (κ3) is 3.76. The second kappa shape index (κ2) is 6.52. The summed E-state index contributed by atoms with van der Waals surface area (Å²) < 4.78 is 41.1. The first-order chi connectivity index (χ1) is 11.4. The van der Waals surface area contributed by atoms with Crippen molar-refractivity contribution in [2.45, 2.75) is 31.2 Å². The molecule has 0 aromatic heterocycles. The Labute approximate surface area is 137 Å². The van der Waals surface area contributed by atoms with E-state index in [1.54, 1.807) is 24.3 Å². The minimum atomic E-state index is -4.34. The van der Waals surface area contributed by atoms with E-state index >= 15 is 0 Å². The van der Waals surface area contributed by atoms with Gasteiger partial charge in [-0.25, -0.2) is 0 Å². The number of amides is 1. The van der Waals surface area contributed by atoms with Crippen LogP contribution in [0.15, 0.2) is 29.3 Å². The summed E-state index contributed by atoms with van der Waals surface area (Å²) in [4.78, 5) is 16.9. The molecular formula is C16H18F3N3O2. The zero-order valence-corrected chi connectivity index (χ0v) is 12.9. The Balaban J connectivity index is 1.72. The van der Waals surface area contributed by atoms with Crippen molar-refractivity contribution in [2.24, 2.45) is 4.99 Å². The Morgan fingerprint density at radius 2 is 2.00 bits per heavy atom. The molecule has 0 bridgehead atoms. The number of amidine groups is 1. The minimum absolute atomic E-state index is 0.113. The molecule has 2 aliphatic rings. The lowest BCUT2D eigenvalue weighted by Crippen LogP contribution is -2.47. The number of nitrogens with one attached hydrogen (secondary N) is 2. The molecule has 24 heavy (non-hydrogen) atoms. The SMILES string of the molecule is O=C1NC(c2cccc(COCC(F)(F)F)c2)=NC12CCNCC2. The Morgan fingerprint density at radius 3 is 2.71 bits per heavy atom. The lowest BCUT2D eigenvalue weighted by atomic mass is 9.89. The number of ether oxygens (including phenoxy) is 1. The van der Waals surface area contributed by atoms with Gasteiger partial charge in [-0.05, 0) is 37.6 Å². The van der Waals surface area contributed by atoms with Crippen LogP contribution < -0.4 is 10.6 Å². The molecular weight excluding hydrogens is 323 g/mol. The van der Waals surface area contributed by atoms with Crippen LogP contribution in [0.1, 0.15) is 24.0 Å². The average Bonchev–Trinajstić information content (AvgIpc) is 2.84. The molecule has 2 N–H and O–H groups in total. The topological polar surface area (TPSA) is 62.7 Å². The van der Waals surface area contributed by atoms with Crippen molar-refractivity contribution in [1.29, 1.82) is 0 Å². The van der Waals surface area contributed by atoms with Crippen molar-refractivity contribution in [3.8, 4) is 0 Å². The number of aliphatic imine (C=N–C) groups is 1. The van der Waals surface area contributed by atoms with Gasteiger partial charge in [0, 0.05) is 5.56 Å². The molecule has 8 heteroatoms. The summed E-state index contributed by atoms with van der Waals surface area (Å²) >= 11 is 0. The van der Waals surface area contributed by atoms with Crippen molar-refractivity contribution in [2.75, 3.05) is 19.7 Å². The van der Waals surface area contributed by atoms with E-state index in [9.17, 15) is 18.0 Å². The van der Waals surface area contributed by atoms with Gasteiger partial charge < -0.3 is 15.4 Å². The van der Waals surface area contributed by atoms with E-state index in [2.05, 4.69) is 20.4 Å². The highest BCUT2D eigenvalue weighted by atomic mass is 19.4. The number of nitrogens with zero attached hydrogens (tertiary/aromatic N) is 1.